The normalized spacial score (nSPS) is 15.8. The molecule has 2 fully saturated rings. The van der Waals surface area contributed by atoms with E-state index in [9.17, 15) is 14.4 Å². The molecule has 0 spiro atoms. The predicted molar refractivity (Wildman–Crippen MR) is 141 cm³/mol. The number of methoxy groups -OCH3 is 1. The number of amides is 3. The molecule has 2 aliphatic rings. The van der Waals surface area contributed by atoms with Crippen molar-refractivity contribution in [2.24, 2.45) is 0 Å². The first kappa shape index (κ1) is 25.3. The number of furan rings is 1. The summed E-state index contributed by atoms with van der Waals surface area (Å²) in [5.74, 6) is 0.348. The summed E-state index contributed by atoms with van der Waals surface area (Å²) in [4.78, 5) is 44.8. The highest BCUT2D eigenvalue weighted by Crippen LogP contribution is 2.28. The molecule has 2 saturated heterocycles. The number of carbonyl (C=O) groups excluding carboxylic acids is 3. The van der Waals surface area contributed by atoms with Gasteiger partial charge in [0.05, 0.1) is 32.2 Å². The van der Waals surface area contributed by atoms with Gasteiger partial charge in [0, 0.05) is 56.2 Å². The van der Waals surface area contributed by atoms with Gasteiger partial charge in [-0.1, -0.05) is 0 Å². The van der Waals surface area contributed by atoms with Crippen LogP contribution >= 0.6 is 0 Å². The van der Waals surface area contributed by atoms with Gasteiger partial charge in [-0.05, 0) is 54.6 Å². The van der Waals surface area contributed by atoms with Gasteiger partial charge >= 0.3 is 0 Å². The molecule has 0 radical (unpaired) electrons. The summed E-state index contributed by atoms with van der Waals surface area (Å²) in [6.45, 7) is 4.17. The third-order valence-electron chi connectivity index (χ3n) is 6.77. The number of ether oxygens (including phenoxy) is 2. The van der Waals surface area contributed by atoms with E-state index >= 15 is 0 Å². The monoisotopic (exact) mass is 518 g/mol. The molecule has 10 heteroatoms. The fourth-order valence-corrected chi connectivity index (χ4v) is 4.66. The maximum absolute atomic E-state index is 13.6. The maximum atomic E-state index is 13.6. The summed E-state index contributed by atoms with van der Waals surface area (Å²) in [6, 6.07) is 15.7. The van der Waals surface area contributed by atoms with E-state index in [1.807, 2.05) is 11.0 Å². The molecule has 3 heterocycles. The summed E-state index contributed by atoms with van der Waals surface area (Å²) in [5.41, 5.74) is 2.38. The second-order valence-electron chi connectivity index (χ2n) is 9.08. The molecule has 38 heavy (non-hydrogen) atoms. The molecular formula is C28H30N4O6. The van der Waals surface area contributed by atoms with Crippen molar-refractivity contribution < 1.29 is 28.3 Å². The lowest BCUT2D eigenvalue weighted by molar-refractivity contribution is 0.0303. The van der Waals surface area contributed by atoms with Gasteiger partial charge in [-0.2, -0.15) is 0 Å². The summed E-state index contributed by atoms with van der Waals surface area (Å²) >= 11 is 0. The van der Waals surface area contributed by atoms with Crippen molar-refractivity contribution in [2.75, 3.05) is 69.8 Å². The van der Waals surface area contributed by atoms with Crippen LogP contribution in [-0.4, -0.2) is 87.1 Å². The van der Waals surface area contributed by atoms with Crippen LogP contribution in [0.4, 0.5) is 11.4 Å². The molecule has 1 N–H and O–H groups in total. The minimum atomic E-state index is -0.391. The molecule has 3 aromatic rings. The molecule has 5 rings (SSSR count). The van der Waals surface area contributed by atoms with Crippen molar-refractivity contribution in [2.45, 2.75) is 0 Å². The van der Waals surface area contributed by atoms with E-state index in [4.69, 9.17) is 13.9 Å². The Bertz CT molecular complexity index is 1280. The maximum Gasteiger partial charge on any atom is 0.291 e. The molecule has 1 aromatic heterocycles. The number of hydrogen-bond donors (Lipinski definition) is 1. The van der Waals surface area contributed by atoms with E-state index in [1.165, 1.54) is 6.26 Å². The second kappa shape index (κ2) is 11.4. The van der Waals surface area contributed by atoms with Crippen LogP contribution in [0, 0.1) is 0 Å². The first-order valence-electron chi connectivity index (χ1n) is 12.6. The van der Waals surface area contributed by atoms with E-state index in [-0.39, 0.29) is 17.6 Å². The van der Waals surface area contributed by atoms with Crippen molar-refractivity contribution in [3.8, 4) is 5.75 Å². The highest BCUT2D eigenvalue weighted by atomic mass is 16.5. The van der Waals surface area contributed by atoms with Gasteiger partial charge in [0.15, 0.2) is 5.76 Å². The Morgan fingerprint density at radius 3 is 2.21 bits per heavy atom. The summed E-state index contributed by atoms with van der Waals surface area (Å²) < 4.78 is 15.8. The number of nitrogens with zero attached hydrogens (tertiary/aromatic N) is 3. The number of nitrogens with one attached hydrogen (secondary N) is 1. The molecule has 198 valence electrons. The standard InChI is InChI=1S/C28H30N4O6/c1-36-22-7-4-20(5-8-22)27(34)31-12-10-30(11-13-31)24-9-6-21(29-26(33)25-3-2-16-38-25)19-23(24)28(35)32-14-17-37-18-15-32/h2-9,16,19H,10-15,17-18H2,1H3,(H,29,33). The highest BCUT2D eigenvalue weighted by Gasteiger charge is 2.28. The second-order valence-corrected chi connectivity index (χ2v) is 9.08. The minimum Gasteiger partial charge on any atom is -0.497 e. The van der Waals surface area contributed by atoms with E-state index in [0.717, 1.165) is 5.69 Å². The first-order valence-corrected chi connectivity index (χ1v) is 12.6. The molecule has 0 saturated carbocycles. The van der Waals surface area contributed by atoms with Crippen LogP contribution in [0.1, 0.15) is 31.3 Å². The number of piperazine rings is 1. The molecule has 10 nitrogen and oxygen atoms in total. The van der Waals surface area contributed by atoms with E-state index < -0.39 is 5.91 Å². The Hall–Kier alpha value is -4.31. The lowest BCUT2D eigenvalue weighted by Crippen LogP contribution is -2.49. The van der Waals surface area contributed by atoms with Crippen molar-refractivity contribution in [1.29, 1.82) is 0 Å². The molecule has 0 aliphatic carbocycles. The van der Waals surface area contributed by atoms with Gasteiger partial charge in [0.1, 0.15) is 5.75 Å². The Labute approximate surface area is 220 Å². The van der Waals surface area contributed by atoms with Crippen molar-refractivity contribution >= 4 is 29.1 Å². The summed E-state index contributed by atoms with van der Waals surface area (Å²) in [7, 11) is 1.59. The van der Waals surface area contributed by atoms with Crippen LogP contribution in [0.25, 0.3) is 0 Å². The SMILES string of the molecule is COc1ccc(C(=O)N2CCN(c3ccc(NC(=O)c4ccco4)cc3C(=O)N3CCOCC3)CC2)cc1. The third kappa shape index (κ3) is 5.50. The topological polar surface area (TPSA) is 105 Å². The van der Waals surface area contributed by atoms with Crippen molar-refractivity contribution in [3.05, 3.63) is 77.7 Å². The number of rotatable bonds is 6. The highest BCUT2D eigenvalue weighted by molar-refractivity contribution is 6.05. The molecule has 0 atom stereocenters. The van der Waals surface area contributed by atoms with Crippen molar-refractivity contribution in [3.63, 3.8) is 0 Å². The average molecular weight is 519 g/mol. The lowest BCUT2D eigenvalue weighted by Gasteiger charge is -2.37. The van der Waals surface area contributed by atoms with E-state index in [2.05, 4.69) is 10.2 Å². The number of carbonyl (C=O) groups is 3. The van der Waals surface area contributed by atoms with Crippen LogP contribution < -0.4 is 15.0 Å². The summed E-state index contributed by atoms with van der Waals surface area (Å²) in [5, 5.41) is 2.81. The van der Waals surface area contributed by atoms with Gasteiger partial charge in [0.25, 0.3) is 17.7 Å². The zero-order valence-electron chi connectivity index (χ0n) is 21.2. The van der Waals surface area contributed by atoms with Gasteiger partial charge in [0.2, 0.25) is 0 Å². The van der Waals surface area contributed by atoms with Gasteiger partial charge in [-0.15, -0.1) is 0 Å². The average Bonchev–Trinajstić information content (AvgIpc) is 3.53. The van der Waals surface area contributed by atoms with Gasteiger partial charge in [-0.25, -0.2) is 0 Å². The largest absolute Gasteiger partial charge is 0.497 e. The Morgan fingerprint density at radius 2 is 1.55 bits per heavy atom. The van der Waals surface area contributed by atoms with Crippen LogP contribution in [0.3, 0.4) is 0 Å². The Balaban J connectivity index is 1.33. The number of morpholine rings is 1. The van der Waals surface area contributed by atoms with E-state index in [1.54, 1.807) is 60.5 Å². The minimum absolute atomic E-state index is 0.0343. The smallest absolute Gasteiger partial charge is 0.291 e. The summed E-state index contributed by atoms with van der Waals surface area (Å²) in [6.07, 6.45) is 1.43. The fraction of sp³-hybridized carbons (Fsp3) is 0.321. The molecule has 2 aliphatic heterocycles. The molecule has 0 bridgehead atoms. The van der Waals surface area contributed by atoms with Crippen LogP contribution in [0.5, 0.6) is 5.75 Å². The molecule has 2 aromatic carbocycles. The third-order valence-corrected chi connectivity index (χ3v) is 6.77. The Kier molecular flexibility index (Phi) is 7.60. The van der Waals surface area contributed by atoms with Crippen LogP contribution in [0.2, 0.25) is 0 Å². The van der Waals surface area contributed by atoms with Gasteiger partial charge < -0.3 is 33.9 Å². The lowest BCUT2D eigenvalue weighted by atomic mass is 10.1. The zero-order valence-corrected chi connectivity index (χ0v) is 21.2. The van der Waals surface area contributed by atoms with Gasteiger partial charge in [-0.3, -0.25) is 14.4 Å². The van der Waals surface area contributed by atoms with Crippen LogP contribution in [0.15, 0.2) is 65.3 Å². The fourth-order valence-electron chi connectivity index (χ4n) is 4.66. The predicted octanol–water partition coefficient (Wildman–Crippen LogP) is 2.98. The molecule has 3 amide bonds. The molecular weight excluding hydrogens is 488 g/mol. The van der Waals surface area contributed by atoms with E-state index in [0.29, 0.717) is 75.0 Å². The number of hydrogen-bond acceptors (Lipinski definition) is 7. The number of anilines is 2. The van der Waals surface area contributed by atoms with Crippen molar-refractivity contribution in [1.82, 2.24) is 9.80 Å². The quantitative estimate of drug-likeness (QED) is 0.535. The molecule has 0 unspecified atom stereocenters. The first-order chi connectivity index (χ1) is 18.5. The number of benzene rings is 2. The zero-order chi connectivity index (χ0) is 26.5. The van der Waals surface area contributed by atoms with Crippen LogP contribution in [-0.2, 0) is 4.74 Å². The Morgan fingerprint density at radius 1 is 0.842 bits per heavy atom.